The maximum Gasteiger partial charge on any atom is 0.328 e. The van der Waals surface area contributed by atoms with Crippen molar-refractivity contribution >= 4 is 41.5 Å². The first kappa shape index (κ1) is 48.1. The molecule has 3 rings (SSSR count). The van der Waals surface area contributed by atoms with Crippen LogP contribution in [0.1, 0.15) is 111 Å². The number of carbonyl (C=O) groups is 7. The molecule has 5 amide bonds. The lowest BCUT2D eigenvalue weighted by molar-refractivity contribution is -0.150. The van der Waals surface area contributed by atoms with E-state index in [0.29, 0.717) is 18.7 Å². The van der Waals surface area contributed by atoms with Crippen LogP contribution in [0.2, 0.25) is 0 Å². The Bertz CT molecular complexity index is 1690. The van der Waals surface area contributed by atoms with Gasteiger partial charge in [-0.05, 0) is 47.6 Å². The zero-order valence-corrected chi connectivity index (χ0v) is 35.8. The number of hydrogen-bond donors (Lipinski definition) is 4. The highest BCUT2D eigenvalue weighted by atomic mass is 16.5. The second kappa shape index (κ2) is 24.0. The summed E-state index contributed by atoms with van der Waals surface area (Å²) in [5.74, 6) is -4.61. The zero-order chi connectivity index (χ0) is 43.5. The van der Waals surface area contributed by atoms with Crippen LogP contribution in [0.25, 0.3) is 0 Å². The fraction of sp³-hybridized carbons (Fsp3) is 0.578. The van der Waals surface area contributed by atoms with Gasteiger partial charge in [-0.25, -0.2) is 4.79 Å². The van der Waals surface area contributed by atoms with Gasteiger partial charge in [-0.15, -0.1) is 0 Å². The van der Waals surface area contributed by atoms with Gasteiger partial charge in [0.1, 0.15) is 37.4 Å². The summed E-state index contributed by atoms with van der Waals surface area (Å²) in [4.78, 5) is 97.3. The smallest absolute Gasteiger partial charge is 0.328 e. The van der Waals surface area contributed by atoms with Crippen LogP contribution in [0, 0.1) is 17.3 Å². The second-order valence-corrected chi connectivity index (χ2v) is 16.8. The molecule has 2 aromatic rings. The molecule has 14 heteroatoms. The van der Waals surface area contributed by atoms with Crippen molar-refractivity contribution in [3.63, 3.8) is 0 Å². The maximum atomic E-state index is 14.3. The molecule has 0 saturated carbocycles. The molecule has 0 spiro atoms. The number of benzene rings is 2. The van der Waals surface area contributed by atoms with Gasteiger partial charge in [-0.1, -0.05) is 122 Å². The Hall–Kier alpha value is -5.27. The van der Waals surface area contributed by atoms with Crippen LogP contribution in [-0.2, 0) is 56.2 Å². The van der Waals surface area contributed by atoms with E-state index in [9.17, 15) is 33.6 Å². The highest BCUT2D eigenvalue weighted by molar-refractivity contribution is 5.98. The van der Waals surface area contributed by atoms with E-state index in [2.05, 4.69) is 21.3 Å². The Morgan fingerprint density at radius 2 is 1.14 bits per heavy atom. The number of hydrogen-bond acceptors (Lipinski definition) is 9. The van der Waals surface area contributed by atoms with Gasteiger partial charge in [-0.3, -0.25) is 28.8 Å². The van der Waals surface area contributed by atoms with E-state index in [1.54, 1.807) is 62.1 Å². The Morgan fingerprint density at radius 1 is 0.644 bits per heavy atom. The minimum atomic E-state index is -1.58. The number of nitrogens with zero attached hydrogens (tertiary/aromatic N) is 1. The Kier molecular flexibility index (Phi) is 19.5. The molecular weight excluding hydrogens is 755 g/mol. The molecule has 1 aliphatic heterocycles. The number of rotatable bonds is 22. The molecule has 1 fully saturated rings. The Balaban J connectivity index is 1.90. The first-order valence-corrected chi connectivity index (χ1v) is 20.9. The van der Waals surface area contributed by atoms with E-state index in [-0.39, 0.29) is 49.7 Å². The molecule has 1 aliphatic rings. The average molecular weight is 820 g/mol. The van der Waals surface area contributed by atoms with Crippen molar-refractivity contribution in [1.82, 2.24) is 26.2 Å². The summed E-state index contributed by atoms with van der Waals surface area (Å²) in [6, 6.07) is 12.7. The van der Waals surface area contributed by atoms with Gasteiger partial charge in [0.2, 0.25) is 29.5 Å². The average Bonchev–Trinajstić information content (AvgIpc) is 3.75. The van der Waals surface area contributed by atoms with E-state index >= 15 is 0 Å². The first-order chi connectivity index (χ1) is 28.0. The molecule has 1 saturated heterocycles. The van der Waals surface area contributed by atoms with Crippen LogP contribution in [0.4, 0.5) is 0 Å². The third-order valence-corrected chi connectivity index (χ3v) is 10.3. The fourth-order valence-corrected chi connectivity index (χ4v) is 6.70. The largest absolute Gasteiger partial charge is 0.461 e. The molecule has 4 atom stereocenters. The van der Waals surface area contributed by atoms with Crippen LogP contribution in [0.3, 0.4) is 0 Å². The quantitative estimate of drug-likeness (QED) is 0.122. The maximum absolute atomic E-state index is 14.3. The van der Waals surface area contributed by atoms with Gasteiger partial charge in [0.25, 0.3) is 0 Å². The van der Waals surface area contributed by atoms with Crippen molar-refractivity contribution in [2.24, 2.45) is 17.3 Å². The number of esters is 2. The molecule has 0 bridgehead atoms. The minimum Gasteiger partial charge on any atom is -0.461 e. The fourth-order valence-electron chi connectivity index (χ4n) is 6.70. The van der Waals surface area contributed by atoms with Gasteiger partial charge >= 0.3 is 11.9 Å². The Labute approximate surface area is 349 Å². The minimum absolute atomic E-state index is 0.0314. The highest BCUT2D eigenvalue weighted by Gasteiger charge is 2.38. The summed E-state index contributed by atoms with van der Waals surface area (Å²) in [6.07, 6.45) is 2.51. The van der Waals surface area contributed by atoms with Crippen molar-refractivity contribution < 1.29 is 43.0 Å². The van der Waals surface area contributed by atoms with Gasteiger partial charge in [-0.2, -0.15) is 0 Å². The molecule has 324 valence electrons. The van der Waals surface area contributed by atoms with Crippen LogP contribution in [-0.4, -0.2) is 83.6 Å². The summed E-state index contributed by atoms with van der Waals surface area (Å²) in [5, 5.41) is 10.8. The summed E-state index contributed by atoms with van der Waals surface area (Å²) in [5.41, 5.74) is 0.657. The molecule has 0 unspecified atom stereocenters. The monoisotopic (exact) mass is 819 g/mol. The molecule has 2 aromatic carbocycles. The van der Waals surface area contributed by atoms with Crippen molar-refractivity contribution in [3.05, 3.63) is 71.8 Å². The third-order valence-electron chi connectivity index (χ3n) is 10.3. The molecule has 14 nitrogen and oxygen atoms in total. The van der Waals surface area contributed by atoms with Crippen molar-refractivity contribution in [3.8, 4) is 0 Å². The standard InChI is InChI=1S/C45H65N5O9/c1-8-31(9-2)25-37(51)49-40(45(5,6)7)43(56)47-34(26-38(52)50-22-16-17-23-50)41(54)46-35(27-39(53)58-28-32-18-12-10-13-19-32)42(55)48-36(24-30(3)4)44(57)59-29-33-20-14-11-15-21-33/h10-15,18-21,30-31,34-36,40H,8-9,16-17,22-29H2,1-7H3,(H,46,54)(H,47,56)(H,48,55)(H,49,51)/t34-,35-,36-,40+/m0/s1. The van der Waals surface area contributed by atoms with E-state index in [4.69, 9.17) is 9.47 Å². The summed E-state index contributed by atoms with van der Waals surface area (Å²) in [7, 11) is 0. The number of nitrogens with one attached hydrogen (secondary N) is 4. The number of amides is 5. The van der Waals surface area contributed by atoms with Gasteiger partial charge < -0.3 is 35.6 Å². The predicted octanol–water partition coefficient (Wildman–Crippen LogP) is 4.73. The summed E-state index contributed by atoms with van der Waals surface area (Å²) < 4.78 is 11.0. The first-order valence-electron chi connectivity index (χ1n) is 20.9. The second-order valence-electron chi connectivity index (χ2n) is 16.8. The molecular formula is C45H65N5O9. The lowest BCUT2D eigenvalue weighted by Crippen LogP contribution is -2.60. The number of ether oxygens (including phenoxy) is 2. The topological polar surface area (TPSA) is 189 Å². The van der Waals surface area contributed by atoms with E-state index in [0.717, 1.165) is 31.2 Å². The van der Waals surface area contributed by atoms with E-state index < -0.39 is 72.1 Å². The van der Waals surface area contributed by atoms with Gasteiger partial charge in [0.15, 0.2) is 0 Å². The normalized spacial score (nSPS) is 14.8. The van der Waals surface area contributed by atoms with Crippen LogP contribution in [0.5, 0.6) is 0 Å². The molecule has 1 heterocycles. The summed E-state index contributed by atoms with van der Waals surface area (Å²) >= 11 is 0. The third kappa shape index (κ3) is 16.9. The van der Waals surface area contributed by atoms with Crippen molar-refractivity contribution in [1.29, 1.82) is 0 Å². The SMILES string of the molecule is CCC(CC)CC(=O)N[C@H](C(=O)N[C@@H](CC(=O)N1CCCC1)C(=O)N[C@@H](CC(=O)OCc1ccccc1)C(=O)N[C@@H](CC(C)C)C(=O)OCc1ccccc1)C(C)(C)C. The van der Waals surface area contributed by atoms with Crippen LogP contribution >= 0.6 is 0 Å². The van der Waals surface area contributed by atoms with Crippen LogP contribution in [0.15, 0.2) is 60.7 Å². The molecule has 0 aliphatic carbocycles. The molecule has 4 N–H and O–H groups in total. The Morgan fingerprint density at radius 3 is 1.64 bits per heavy atom. The zero-order valence-electron chi connectivity index (χ0n) is 35.8. The van der Waals surface area contributed by atoms with Crippen LogP contribution < -0.4 is 21.3 Å². The molecule has 59 heavy (non-hydrogen) atoms. The lowest BCUT2D eigenvalue weighted by Gasteiger charge is -2.32. The molecule has 0 radical (unpaired) electrons. The lowest BCUT2D eigenvalue weighted by atomic mass is 9.85. The highest BCUT2D eigenvalue weighted by Crippen LogP contribution is 2.22. The van der Waals surface area contributed by atoms with Gasteiger partial charge in [0, 0.05) is 19.5 Å². The van der Waals surface area contributed by atoms with Crippen molar-refractivity contribution in [2.45, 2.75) is 137 Å². The summed E-state index contributed by atoms with van der Waals surface area (Å²) in [6.45, 7) is 13.9. The number of likely N-dealkylation sites (tertiary alicyclic amines) is 1. The van der Waals surface area contributed by atoms with Gasteiger partial charge in [0.05, 0.1) is 12.8 Å². The predicted molar refractivity (Wildman–Crippen MR) is 223 cm³/mol. The van der Waals surface area contributed by atoms with E-state index in [1.807, 2.05) is 52.0 Å². The number of carbonyl (C=O) groups excluding carboxylic acids is 7. The molecule has 0 aromatic heterocycles. The van der Waals surface area contributed by atoms with Crippen molar-refractivity contribution in [2.75, 3.05) is 13.1 Å². The van der Waals surface area contributed by atoms with E-state index in [1.165, 1.54) is 0 Å².